The average molecular weight is 448 g/mol. The first-order chi connectivity index (χ1) is 14.2. The van der Waals surface area contributed by atoms with Crippen LogP contribution in [0.25, 0.3) is 10.2 Å². The molecule has 0 fully saturated rings. The molecule has 0 bridgehead atoms. The van der Waals surface area contributed by atoms with E-state index in [0.717, 1.165) is 23.7 Å². The lowest BCUT2D eigenvalue weighted by atomic mass is 9.96. The molecule has 30 heavy (non-hydrogen) atoms. The molecule has 0 spiro atoms. The number of carbonyl (C=O) groups is 1. The Hall–Kier alpha value is -2.70. The van der Waals surface area contributed by atoms with E-state index < -0.39 is 42.6 Å². The van der Waals surface area contributed by atoms with E-state index in [0.29, 0.717) is 6.07 Å². The molecule has 3 aromatic rings. The quantitative estimate of drug-likeness (QED) is 0.322. The first-order valence-electron chi connectivity index (χ1n) is 8.39. The highest BCUT2D eigenvalue weighted by atomic mass is 32.1. The highest BCUT2D eigenvalue weighted by Gasteiger charge is 2.31. The van der Waals surface area contributed by atoms with Gasteiger partial charge in [0, 0.05) is 23.6 Å². The molecule has 0 radical (unpaired) electrons. The summed E-state index contributed by atoms with van der Waals surface area (Å²) in [6.45, 7) is -0.876. The highest BCUT2D eigenvalue weighted by molar-refractivity contribution is 7.12. The van der Waals surface area contributed by atoms with Crippen molar-refractivity contribution in [3.05, 3.63) is 52.6 Å². The van der Waals surface area contributed by atoms with Gasteiger partial charge in [0.05, 0.1) is 17.9 Å². The van der Waals surface area contributed by atoms with Crippen LogP contribution in [0.15, 0.2) is 24.3 Å². The smallest absolute Gasteiger partial charge is 0.406 e. The van der Waals surface area contributed by atoms with Crippen molar-refractivity contribution in [2.24, 2.45) is 0 Å². The summed E-state index contributed by atoms with van der Waals surface area (Å²) in [7, 11) is 0. The molecule has 0 saturated carbocycles. The van der Waals surface area contributed by atoms with Crippen molar-refractivity contribution >= 4 is 27.5 Å². The van der Waals surface area contributed by atoms with Gasteiger partial charge in [-0.25, -0.2) is 8.78 Å². The molecule has 0 aliphatic rings. The molecule has 160 valence electrons. The van der Waals surface area contributed by atoms with Crippen LogP contribution in [0.5, 0.6) is 5.75 Å². The average Bonchev–Trinajstić information content (AvgIpc) is 3.13. The maximum Gasteiger partial charge on any atom is 0.573 e. The van der Waals surface area contributed by atoms with E-state index in [2.05, 4.69) is 14.3 Å². The summed E-state index contributed by atoms with van der Waals surface area (Å²) in [4.78, 5) is 12.5. The second-order valence-electron chi connectivity index (χ2n) is 6.01. The number of fused-ring (bicyclic) bond motifs is 1. The van der Waals surface area contributed by atoms with Crippen molar-refractivity contribution in [2.75, 3.05) is 19.8 Å². The first-order valence-corrected chi connectivity index (χ1v) is 9.16. The van der Waals surface area contributed by atoms with Crippen molar-refractivity contribution in [1.82, 2.24) is 9.59 Å². The van der Waals surface area contributed by atoms with Crippen LogP contribution in [0.1, 0.15) is 21.5 Å². The Morgan fingerprint density at radius 2 is 1.97 bits per heavy atom. The van der Waals surface area contributed by atoms with Crippen LogP contribution in [0.4, 0.5) is 22.0 Å². The van der Waals surface area contributed by atoms with Gasteiger partial charge in [0.1, 0.15) is 23.7 Å². The predicted molar refractivity (Wildman–Crippen MR) is 95.5 cm³/mol. The Kier molecular flexibility index (Phi) is 6.58. The molecule has 0 atom stereocenters. The lowest BCUT2D eigenvalue weighted by Gasteiger charge is -2.13. The third-order valence-corrected chi connectivity index (χ3v) is 4.65. The lowest BCUT2D eigenvalue weighted by Crippen LogP contribution is -2.17. The van der Waals surface area contributed by atoms with E-state index in [1.807, 2.05) is 0 Å². The van der Waals surface area contributed by atoms with Gasteiger partial charge >= 0.3 is 6.36 Å². The van der Waals surface area contributed by atoms with Gasteiger partial charge in [0.15, 0.2) is 11.6 Å². The third kappa shape index (κ3) is 5.07. The van der Waals surface area contributed by atoms with Gasteiger partial charge in [-0.15, -0.1) is 18.3 Å². The standard InChI is InChI=1S/C18H13F5N2O4S/c19-13-6-10(29-18(21,22)23)2-1-9(13)5-12-11(14(27)8-28-4-3-26)7-15-17(16(12)20)24-25-30-15/h1-2,6-7,26H,3-5,8H2. The molecule has 0 saturated heterocycles. The molecule has 2 aromatic carbocycles. The summed E-state index contributed by atoms with van der Waals surface area (Å²) in [5.74, 6) is -3.34. The van der Waals surface area contributed by atoms with Gasteiger partial charge in [-0.05, 0) is 29.2 Å². The van der Waals surface area contributed by atoms with Crippen molar-refractivity contribution in [2.45, 2.75) is 12.8 Å². The van der Waals surface area contributed by atoms with Crippen LogP contribution in [0, 0.1) is 11.6 Å². The number of ketones is 1. The van der Waals surface area contributed by atoms with E-state index in [1.54, 1.807) is 0 Å². The maximum atomic E-state index is 15.0. The Labute approximate surface area is 170 Å². The topological polar surface area (TPSA) is 81.5 Å². The number of halogens is 5. The van der Waals surface area contributed by atoms with Crippen LogP contribution in [-0.2, 0) is 11.2 Å². The Morgan fingerprint density at radius 3 is 2.63 bits per heavy atom. The number of Topliss-reactive ketones (excluding diaryl/α,β-unsaturated/α-hetero) is 1. The second kappa shape index (κ2) is 8.98. The molecule has 0 aliphatic heterocycles. The second-order valence-corrected chi connectivity index (χ2v) is 6.80. The summed E-state index contributed by atoms with van der Waals surface area (Å²) >= 11 is 0.855. The molecule has 1 aromatic heterocycles. The molecule has 3 rings (SSSR count). The van der Waals surface area contributed by atoms with E-state index >= 15 is 4.39 Å². The Bertz CT molecular complexity index is 1070. The lowest BCUT2D eigenvalue weighted by molar-refractivity contribution is -0.274. The van der Waals surface area contributed by atoms with Crippen LogP contribution < -0.4 is 4.74 Å². The maximum absolute atomic E-state index is 15.0. The predicted octanol–water partition coefficient (Wildman–Crippen LogP) is 3.65. The van der Waals surface area contributed by atoms with Gasteiger partial charge in [-0.1, -0.05) is 10.6 Å². The van der Waals surface area contributed by atoms with Gasteiger partial charge in [0.2, 0.25) is 0 Å². The molecule has 0 unspecified atom stereocenters. The van der Waals surface area contributed by atoms with Crippen molar-refractivity contribution < 1.29 is 41.3 Å². The minimum Gasteiger partial charge on any atom is -0.406 e. The summed E-state index contributed by atoms with van der Waals surface area (Å²) in [5, 5.41) is 12.4. The monoisotopic (exact) mass is 448 g/mol. The molecule has 1 N–H and O–H groups in total. The molecule has 12 heteroatoms. The minimum absolute atomic E-state index is 0.0981. The minimum atomic E-state index is -4.99. The SMILES string of the molecule is O=C(COCCO)c1cc2snnc2c(F)c1Cc1ccc(OC(F)(F)F)cc1F. The fourth-order valence-electron chi connectivity index (χ4n) is 2.71. The van der Waals surface area contributed by atoms with Crippen molar-refractivity contribution in [3.63, 3.8) is 0 Å². The van der Waals surface area contributed by atoms with Crippen LogP contribution in [0.2, 0.25) is 0 Å². The van der Waals surface area contributed by atoms with Gasteiger partial charge in [-0.2, -0.15) is 0 Å². The van der Waals surface area contributed by atoms with Crippen LogP contribution >= 0.6 is 11.5 Å². The Balaban J connectivity index is 1.97. The number of aliphatic hydroxyl groups is 1. The summed E-state index contributed by atoms with van der Waals surface area (Å²) in [6, 6.07) is 3.77. The summed E-state index contributed by atoms with van der Waals surface area (Å²) in [5.41, 5.74) is -0.563. The van der Waals surface area contributed by atoms with E-state index in [9.17, 15) is 22.4 Å². The normalized spacial score (nSPS) is 11.8. The zero-order valence-electron chi connectivity index (χ0n) is 15.0. The molecule has 1 heterocycles. The van der Waals surface area contributed by atoms with Crippen molar-refractivity contribution in [3.8, 4) is 5.75 Å². The number of nitrogens with zero attached hydrogens (tertiary/aromatic N) is 2. The van der Waals surface area contributed by atoms with Crippen LogP contribution in [-0.4, -0.2) is 46.7 Å². The molecule has 6 nitrogen and oxygen atoms in total. The van der Waals surface area contributed by atoms with Gasteiger partial charge in [0.25, 0.3) is 0 Å². The number of aliphatic hydroxyl groups excluding tert-OH is 1. The molecule has 0 aliphatic carbocycles. The zero-order valence-corrected chi connectivity index (χ0v) is 15.8. The van der Waals surface area contributed by atoms with E-state index in [-0.39, 0.29) is 40.1 Å². The van der Waals surface area contributed by atoms with Gasteiger partial charge in [-0.3, -0.25) is 4.79 Å². The number of carbonyl (C=O) groups excluding carboxylic acids is 1. The first kappa shape index (κ1) is 22.0. The third-order valence-electron chi connectivity index (χ3n) is 3.98. The number of ether oxygens (including phenoxy) is 2. The number of hydrogen-bond donors (Lipinski definition) is 1. The van der Waals surface area contributed by atoms with Crippen LogP contribution in [0.3, 0.4) is 0 Å². The summed E-state index contributed by atoms with van der Waals surface area (Å²) < 4.78 is 78.8. The number of hydrogen-bond acceptors (Lipinski definition) is 7. The molecule has 0 amide bonds. The number of alkyl halides is 3. The molecular formula is C18H13F5N2O4S. The number of aromatic nitrogens is 2. The zero-order chi connectivity index (χ0) is 21.9. The Morgan fingerprint density at radius 1 is 1.20 bits per heavy atom. The fraction of sp³-hybridized carbons (Fsp3) is 0.278. The largest absolute Gasteiger partial charge is 0.573 e. The molecular weight excluding hydrogens is 435 g/mol. The highest BCUT2D eigenvalue weighted by Crippen LogP contribution is 2.30. The van der Waals surface area contributed by atoms with Gasteiger partial charge < -0.3 is 14.6 Å². The number of rotatable bonds is 8. The number of benzene rings is 2. The van der Waals surface area contributed by atoms with E-state index in [4.69, 9.17) is 9.84 Å². The van der Waals surface area contributed by atoms with Crippen molar-refractivity contribution in [1.29, 1.82) is 0 Å². The summed E-state index contributed by atoms with van der Waals surface area (Å²) in [6.07, 6.45) is -5.42. The fourth-order valence-corrected chi connectivity index (χ4v) is 3.31. The van der Waals surface area contributed by atoms with E-state index in [1.165, 1.54) is 6.07 Å².